The number of piperidine rings is 1. The summed E-state index contributed by atoms with van der Waals surface area (Å²) in [6.07, 6.45) is 6.14. The summed E-state index contributed by atoms with van der Waals surface area (Å²) >= 11 is 0. The predicted octanol–water partition coefficient (Wildman–Crippen LogP) is 7.49. The fourth-order valence-electron chi connectivity index (χ4n) is 7.05. The molecule has 0 bridgehead atoms. The number of hydrogen-bond acceptors (Lipinski definition) is 11. The van der Waals surface area contributed by atoms with Crippen molar-refractivity contribution in [2.24, 2.45) is 11.7 Å². The second kappa shape index (κ2) is 26.0. The Morgan fingerprint density at radius 2 is 1.21 bits per heavy atom. The van der Waals surface area contributed by atoms with Gasteiger partial charge in [-0.15, -0.1) is 0 Å². The summed E-state index contributed by atoms with van der Waals surface area (Å²) in [6, 6.07) is 9.63. The first-order chi connectivity index (χ1) is 24.9. The van der Waals surface area contributed by atoms with E-state index in [0.29, 0.717) is 85.1 Å². The summed E-state index contributed by atoms with van der Waals surface area (Å²) in [5, 5.41) is 2.24. The Morgan fingerprint density at radius 1 is 0.692 bits per heavy atom. The molecule has 0 aromatic heterocycles. The van der Waals surface area contributed by atoms with Gasteiger partial charge in [-0.2, -0.15) is 5.06 Å². The van der Waals surface area contributed by atoms with Gasteiger partial charge >= 0.3 is 8.80 Å². The van der Waals surface area contributed by atoms with E-state index in [0.717, 1.165) is 51.2 Å². The summed E-state index contributed by atoms with van der Waals surface area (Å²) in [5.41, 5.74) is 7.34. The van der Waals surface area contributed by atoms with E-state index < -0.39 is 8.80 Å². The monoisotopic (exact) mass is 757 g/mol. The first-order valence-electron chi connectivity index (χ1n) is 20.0. The third kappa shape index (κ3) is 17.6. The van der Waals surface area contributed by atoms with Gasteiger partial charge in [-0.05, 0) is 91.2 Å². The van der Waals surface area contributed by atoms with E-state index in [1.807, 2.05) is 20.8 Å². The van der Waals surface area contributed by atoms with Crippen LogP contribution in [0.3, 0.4) is 0 Å². The molecule has 2 rings (SSSR count). The Bertz CT molecular complexity index is 996. The van der Waals surface area contributed by atoms with Crippen molar-refractivity contribution in [1.29, 1.82) is 0 Å². The standard InChI is InChI=1S/C40H76N2O9Si/c1-10-48-52(49-11-2,50-12-3)30-16-14-13-15-22-46-33-35-17-19-36(20-18-35)38(34(4)5)51-42-39(6,7)31-37(32-40(42,8)9)47-29-28-45-27-26-44-25-24-43-23-21-41/h17-20,34,37-38H,10-16,21-33,41H2,1-9H3. The molecule has 1 heterocycles. The molecule has 0 amide bonds. The van der Waals surface area contributed by atoms with Gasteiger partial charge in [0.25, 0.3) is 0 Å². The fourth-order valence-corrected chi connectivity index (χ4v) is 9.73. The van der Waals surface area contributed by atoms with Crippen LogP contribution in [-0.2, 0) is 48.4 Å². The highest BCUT2D eigenvalue weighted by Gasteiger charge is 2.48. The van der Waals surface area contributed by atoms with Crippen LogP contribution in [0, 0.1) is 5.92 Å². The number of hydroxylamine groups is 2. The summed E-state index contributed by atoms with van der Waals surface area (Å²) in [7, 11) is -2.54. The minimum atomic E-state index is -2.54. The van der Waals surface area contributed by atoms with Crippen LogP contribution in [0.5, 0.6) is 0 Å². The molecule has 0 spiro atoms. The van der Waals surface area contributed by atoms with Gasteiger partial charge in [-0.3, -0.25) is 4.84 Å². The molecule has 1 unspecified atom stereocenters. The Balaban J connectivity index is 1.76. The van der Waals surface area contributed by atoms with E-state index in [1.165, 1.54) is 11.1 Å². The molecule has 1 aliphatic rings. The molecule has 52 heavy (non-hydrogen) atoms. The van der Waals surface area contributed by atoms with E-state index in [2.05, 4.69) is 70.9 Å². The van der Waals surface area contributed by atoms with Crippen molar-refractivity contribution in [3.8, 4) is 0 Å². The third-order valence-electron chi connectivity index (χ3n) is 9.16. The Kier molecular flexibility index (Phi) is 23.5. The van der Waals surface area contributed by atoms with E-state index in [4.69, 9.17) is 47.5 Å². The molecule has 0 aliphatic carbocycles. The fraction of sp³-hybridized carbons (Fsp3) is 0.850. The quantitative estimate of drug-likeness (QED) is 0.0601. The van der Waals surface area contributed by atoms with Crippen molar-refractivity contribution in [2.75, 3.05) is 79.2 Å². The van der Waals surface area contributed by atoms with Crippen LogP contribution in [-0.4, -0.2) is 110 Å². The smallest absolute Gasteiger partial charge is 0.378 e. The summed E-state index contributed by atoms with van der Waals surface area (Å²) < 4.78 is 46.9. The molecule has 1 fully saturated rings. The lowest BCUT2D eigenvalue weighted by Gasteiger charge is -2.54. The lowest BCUT2D eigenvalue weighted by Crippen LogP contribution is -2.62. The summed E-state index contributed by atoms with van der Waals surface area (Å²) in [6.45, 7) is 27.1. The molecule has 1 aromatic rings. The van der Waals surface area contributed by atoms with Crippen LogP contribution in [0.4, 0.5) is 0 Å². The zero-order valence-corrected chi connectivity index (χ0v) is 35.4. The summed E-state index contributed by atoms with van der Waals surface area (Å²) in [4.78, 5) is 6.95. The molecule has 0 radical (unpaired) electrons. The minimum absolute atomic E-state index is 0.0659. The topological polar surface area (TPSA) is 112 Å². The maximum atomic E-state index is 6.95. The van der Waals surface area contributed by atoms with Crippen LogP contribution in [0.15, 0.2) is 24.3 Å². The van der Waals surface area contributed by atoms with Crippen molar-refractivity contribution in [3.05, 3.63) is 35.4 Å². The number of rotatable bonds is 31. The molecule has 2 N–H and O–H groups in total. The largest absolute Gasteiger partial charge is 0.500 e. The van der Waals surface area contributed by atoms with Crippen molar-refractivity contribution >= 4 is 8.80 Å². The van der Waals surface area contributed by atoms with Crippen LogP contribution in [0.25, 0.3) is 0 Å². The predicted molar refractivity (Wildman–Crippen MR) is 209 cm³/mol. The molecular weight excluding hydrogens is 681 g/mol. The second-order valence-electron chi connectivity index (χ2n) is 15.2. The van der Waals surface area contributed by atoms with Crippen LogP contribution in [0.2, 0.25) is 6.04 Å². The second-order valence-corrected chi connectivity index (χ2v) is 17.9. The van der Waals surface area contributed by atoms with Crippen molar-refractivity contribution in [2.45, 2.75) is 137 Å². The highest BCUT2D eigenvalue weighted by atomic mass is 28.4. The Hall–Kier alpha value is -1.00. The highest BCUT2D eigenvalue weighted by molar-refractivity contribution is 6.60. The molecule has 1 saturated heterocycles. The number of nitrogens with two attached hydrogens (primary N) is 1. The Morgan fingerprint density at radius 3 is 1.73 bits per heavy atom. The number of nitrogens with zero attached hydrogens (tertiary/aromatic N) is 1. The molecule has 1 aliphatic heterocycles. The highest BCUT2D eigenvalue weighted by Crippen LogP contribution is 2.43. The minimum Gasteiger partial charge on any atom is -0.378 e. The Labute approximate surface area is 318 Å². The van der Waals surface area contributed by atoms with Gasteiger partial charge in [0.15, 0.2) is 0 Å². The van der Waals surface area contributed by atoms with Crippen molar-refractivity contribution in [3.63, 3.8) is 0 Å². The van der Waals surface area contributed by atoms with Crippen LogP contribution < -0.4 is 5.73 Å². The maximum absolute atomic E-state index is 6.95. The zero-order chi connectivity index (χ0) is 38.3. The van der Waals surface area contributed by atoms with Gasteiger partial charge in [0.05, 0.1) is 59.0 Å². The van der Waals surface area contributed by atoms with E-state index in [1.54, 1.807) is 0 Å². The van der Waals surface area contributed by atoms with Gasteiger partial charge in [0, 0.05) is 50.1 Å². The van der Waals surface area contributed by atoms with Gasteiger partial charge in [0.2, 0.25) is 0 Å². The zero-order valence-electron chi connectivity index (χ0n) is 34.4. The van der Waals surface area contributed by atoms with E-state index >= 15 is 0 Å². The molecule has 1 atom stereocenters. The normalized spacial score (nSPS) is 17.3. The van der Waals surface area contributed by atoms with Crippen LogP contribution >= 0.6 is 0 Å². The number of hydrogen-bond donors (Lipinski definition) is 1. The lowest BCUT2D eigenvalue weighted by atomic mass is 9.80. The molecule has 11 nitrogen and oxygen atoms in total. The molecule has 304 valence electrons. The van der Waals surface area contributed by atoms with Crippen molar-refractivity contribution < 1.29 is 41.8 Å². The lowest BCUT2D eigenvalue weighted by molar-refractivity contribution is -0.324. The van der Waals surface area contributed by atoms with Crippen molar-refractivity contribution in [1.82, 2.24) is 5.06 Å². The van der Waals surface area contributed by atoms with Crippen LogP contribution in [0.1, 0.15) is 118 Å². The molecular formula is C40H76N2O9Si. The van der Waals surface area contributed by atoms with Gasteiger partial charge < -0.3 is 42.7 Å². The molecule has 0 saturated carbocycles. The van der Waals surface area contributed by atoms with Gasteiger partial charge in [-0.25, -0.2) is 0 Å². The SMILES string of the molecule is CCO[Si](CCCCCCOCc1ccc(C(ON2C(C)(C)CC(OCCOCCOCCOCCN)CC2(C)C)C(C)C)cc1)(OCC)OCC. The average Bonchev–Trinajstić information content (AvgIpc) is 3.08. The first kappa shape index (κ1) is 47.1. The first-order valence-corrected chi connectivity index (χ1v) is 22.0. The third-order valence-corrected chi connectivity index (χ3v) is 12.3. The number of ether oxygens (including phenoxy) is 5. The molecule has 12 heteroatoms. The van der Waals surface area contributed by atoms with Gasteiger partial charge in [0.1, 0.15) is 6.10 Å². The van der Waals surface area contributed by atoms with E-state index in [-0.39, 0.29) is 23.3 Å². The molecule has 1 aromatic carbocycles. The average molecular weight is 757 g/mol. The summed E-state index contributed by atoms with van der Waals surface area (Å²) in [5.74, 6) is 0.297. The maximum Gasteiger partial charge on any atom is 0.500 e. The number of unbranched alkanes of at least 4 members (excludes halogenated alkanes) is 3. The van der Waals surface area contributed by atoms with E-state index in [9.17, 15) is 0 Å². The number of benzene rings is 1. The van der Waals surface area contributed by atoms with Gasteiger partial charge in [-0.1, -0.05) is 51.0 Å².